The van der Waals surface area contributed by atoms with E-state index in [4.69, 9.17) is 9.53 Å². The van der Waals surface area contributed by atoms with Crippen LogP contribution in [0.1, 0.15) is 59.8 Å². The summed E-state index contributed by atoms with van der Waals surface area (Å²) in [6, 6.07) is 0. The highest BCUT2D eigenvalue weighted by Crippen LogP contribution is 2.44. The lowest BCUT2D eigenvalue weighted by Gasteiger charge is -2.42. The first kappa shape index (κ1) is 19.9. The number of aliphatic hydroxyl groups excluding tert-OH is 1. The predicted molar refractivity (Wildman–Crippen MR) is 91.6 cm³/mol. The van der Waals surface area contributed by atoms with E-state index in [9.17, 15) is 0 Å². The van der Waals surface area contributed by atoms with E-state index in [1.807, 2.05) is 0 Å². The van der Waals surface area contributed by atoms with E-state index in [1.165, 1.54) is 6.42 Å². The molecule has 0 saturated carbocycles. The summed E-state index contributed by atoms with van der Waals surface area (Å²) >= 11 is 0. The van der Waals surface area contributed by atoms with Crippen molar-refractivity contribution in [3.63, 3.8) is 0 Å². The molecular formula is C17H36O2Si. The minimum Gasteiger partial charge on any atom is -0.417 e. The van der Waals surface area contributed by atoms with Crippen molar-refractivity contribution in [2.45, 2.75) is 77.9 Å². The SMILES string of the molecule is CC(C)C(C)(C)[Si](C)(C)OCCCC/C=C\CCCO. The summed E-state index contributed by atoms with van der Waals surface area (Å²) in [6.07, 6.45) is 9.76. The van der Waals surface area contributed by atoms with Crippen LogP contribution in [-0.2, 0) is 4.43 Å². The van der Waals surface area contributed by atoms with Gasteiger partial charge < -0.3 is 9.53 Å². The summed E-state index contributed by atoms with van der Waals surface area (Å²) in [5.41, 5.74) is 0. The lowest BCUT2D eigenvalue weighted by Crippen LogP contribution is -2.45. The Kier molecular flexibility index (Phi) is 9.69. The van der Waals surface area contributed by atoms with Crippen molar-refractivity contribution in [1.82, 2.24) is 0 Å². The summed E-state index contributed by atoms with van der Waals surface area (Å²) < 4.78 is 6.28. The molecule has 0 atom stereocenters. The van der Waals surface area contributed by atoms with Gasteiger partial charge in [-0.15, -0.1) is 0 Å². The van der Waals surface area contributed by atoms with Gasteiger partial charge in [0, 0.05) is 13.2 Å². The second kappa shape index (κ2) is 9.75. The summed E-state index contributed by atoms with van der Waals surface area (Å²) in [7, 11) is -1.63. The monoisotopic (exact) mass is 300 g/mol. The van der Waals surface area contributed by atoms with Gasteiger partial charge in [0.05, 0.1) is 0 Å². The fourth-order valence-corrected chi connectivity index (χ4v) is 4.43. The Morgan fingerprint density at radius 1 is 1.05 bits per heavy atom. The van der Waals surface area contributed by atoms with Crippen LogP contribution in [0.4, 0.5) is 0 Å². The maximum absolute atomic E-state index is 8.67. The number of unbranched alkanes of at least 4 members (excludes halogenated alkanes) is 3. The summed E-state index contributed by atoms with van der Waals surface area (Å²) in [5.74, 6) is 0.665. The molecule has 0 aromatic rings. The van der Waals surface area contributed by atoms with E-state index in [0.29, 0.717) is 17.6 Å². The third-order valence-electron chi connectivity index (χ3n) is 4.92. The van der Waals surface area contributed by atoms with Gasteiger partial charge in [-0.05, 0) is 56.2 Å². The molecule has 0 aromatic carbocycles. The average Bonchev–Trinajstić information content (AvgIpc) is 2.36. The van der Waals surface area contributed by atoms with E-state index in [0.717, 1.165) is 32.3 Å². The maximum Gasteiger partial charge on any atom is 0.192 e. The average molecular weight is 301 g/mol. The van der Waals surface area contributed by atoms with Crippen molar-refractivity contribution in [1.29, 1.82) is 0 Å². The van der Waals surface area contributed by atoms with Gasteiger partial charge >= 0.3 is 0 Å². The fraction of sp³-hybridized carbons (Fsp3) is 0.882. The largest absolute Gasteiger partial charge is 0.417 e. The van der Waals surface area contributed by atoms with Crippen LogP contribution in [0.5, 0.6) is 0 Å². The number of hydrogen-bond acceptors (Lipinski definition) is 2. The van der Waals surface area contributed by atoms with E-state index < -0.39 is 8.32 Å². The Labute approximate surface area is 127 Å². The van der Waals surface area contributed by atoms with Crippen LogP contribution in [-0.4, -0.2) is 26.6 Å². The van der Waals surface area contributed by atoms with Crippen molar-refractivity contribution in [3.8, 4) is 0 Å². The zero-order valence-corrected chi connectivity index (χ0v) is 15.5. The van der Waals surface area contributed by atoms with Crippen molar-refractivity contribution in [3.05, 3.63) is 12.2 Å². The molecule has 0 saturated heterocycles. The number of allylic oxidation sites excluding steroid dienone is 2. The lowest BCUT2D eigenvalue weighted by molar-refractivity contribution is 0.260. The molecule has 0 heterocycles. The van der Waals surface area contributed by atoms with Crippen LogP contribution < -0.4 is 0 Å². The Bertz CT molecular complexity index is 270. The first-order valence-corrected chi connectivity index (χ1v) is 11.1. The zero-order chi connectivity index (χ0) is 15.6. The van der Waals surface area contributed by atoms with E-state index >= 15 is 0 Å². The predicted octanol–water partition coefficient (Wildman–Crippen LogP) is 5.14. The minimum absolute atomic E-state index is 0.295. The molecule has 0 radical (unpaired) electrons. The summed E-state index contributed by atoms with van der Waals surface area (Å²) in [5, 5.41) is 8.99. The van der Waals surface area contributed by atoms with Gasteiger partial charge in [0.2, 0.25) is 0 Å². The van der Waals surface area contributed by atoms with Gasteiger partial charge in [-0.25, -0.2) is 0 Å². The lowest BCUT2D eigenvalue weighted by atomic mass is 9.99. The van der Waals surface area contributed by atoms with Crippen LogP contribution in [0.2, 0.25) is 18.1 Å². The van der Waals surface area contributed by atoms with E-state index in [2.05, 4.69) is 52.9 Å². The molecule has 0 spiro atoms. The number of rotatable bonds is 11. The molecule has 0 aliphatic carbocycles. The number of aliphatic hydroxyl groups is 1. The van der Waals surface area contributed by atoms with Crippen LogP contribution in [0, 0.1) is 5.92 Å². The molecule has 2 nitrogen and oxygen atoms in total. The Hall–Kier alpha value is -0.123. The second-order valence-electron chi connectivity index (χ2n) is 7.07. The topological polar surface area (TPSA) is 29.5 Å². The quantitative estimate of drug-likeness (QED) is 0.325. The van der Waals surface area contributed by atoms with Crippen LogP contribution in [0.15, 0.2) is 12.2 Å². The minimum atomic E-state index is -1.63. The molecule has 0 amide bonds. The molecule has 20 heavy (non-hydrogen) atoms. The Morgan fingerprint density at radius 2 is 1.60 bits per heavy atom. The Balaban J connectivity index is 3.81. The van der Waals surface area contributed by atoms with Gasteiger partial charge in [0.15, 0.2) is 8.32 Å². The number of hydrogen-bond donors (Lipinski definition) is 1. The van der Waals surface area contributed by atoms with Crippen LogP contribution in [0.25, 0.3) is 0 Å². The molecule has 120 valence electrons. The van der Waals surface area contributed by atoms with Gasteiger partial charge in [-0.1, -0.05) is 39.8 Å². The standard InChI is InChI=1S/C17H36O2Si/c1-16(2)17(3,4)20(5,6)19-15-13-11-9-7-8-10-12-14-18/h7-8,16,18H,9-15H2,1-6H3/b8-7-. The highest BCUT2D eigenvalue weighted by Gasteiger charge is 2.42. The molecule has 3 heteroatoms. The molecule has 0 bridgehead atoms. The van der Waals surface area contributed by atoms with Crippen molar-refractivity contribution >= 4 is 8.32 Å². The van der Waals surface area contributed by atoms with Gasteiger partial charge in [0.1, 0.15) is 0 Å². The molecule has 0 aromatic heterocycles. The normalized spacial score (nSPS) is 13.6. The molecular weight excluding hydrogens is 264 g/mol. The van der Waals surface area contributed by atoms with Gasteiger partial charge in [-0.2, -0.15) is 0 Å². The third-order valence-corrected chi connectivity index (χ3v) is 9.53. The molecule has 0 aliphatic heterocycles. The van der Waals surface area contributed by atoms with Gasteiger partial charge in [-0.3, -0.25) is 0 Å². The summed E-state index contributed by atoms with van der Waals surface area (Å²) in [6.45, 7) is 15.2. The van der Waals surface area contributed by atoms with E-state index in [1.54, 1.807) is 0 Å². The zero-order valence-electron chi connectivity index (χ0n) is 14.5. The van der Waals surface area contributed by atoms with Crippen molar-refractivity contribution in [2.24, 2.45) is 5.92 Å². The van der Waals surface area contributed by atoms with Crippen molar-refractivity contribution in [2.75, 3.05) is 13.2 Å². The van der Waals surface area contributed by atoms with Gasteiger partial charge in [0.25, 0.3) is 0 Å². The van der Waals surface area contributed by atoms with Crippen LogP contribution >= 0.6 is 0 Å². The third kappa shape index (κ3) is 7.05. The second-order valence-corrected chi connectivity index (χ2v) is 11.7. The van der Waals surface area contributed by atoms with Crippen LogP contribution in [0.3, 0.4) is 0 Å². The first-order chi connectivity index (χ1) is 9.25. The van der Waals surface area contributed by atoms with Crippen molar-refractivity contribution < 1.29 is 9.53 Å². The maximum atomic E-state index is 8.67. The molecule has 0 rings (SSSR count). The summed E-state index contributed by atoms with van der Waals surface area (Å²) in [4.78, 5) is 0. The highest BCUT2D eigenvalue weighted by atomic mass is 28.4. The Morgan fingerprint density at radius 3 is 2.10 bits per heavy atom. The first-order valence-electron chi connectivity index (χ1n) is 8.15. The highest BCUT2D eigenvalue weighted by molar-refractivity contribution is 6.74. The molecule has 0 aliphatic rings. The van der Waals surface area contributed by atoms with E-state index in [-0.39, 0.29) is 0 Å². The fourth-order valence-electron chi connectivity index (χ4n) is 2.02. The smallest absolute Gasteiger partial charge is 0.192 e. The molecule has 1 N–H and O–H groups in total. The molecule has 0 fully saturated rings. The molecule has 0 unspecified atom stereocenters.